The lowest BCUT2D eigenvalue weighted by molar-refractivity contribution is -0.117. The van der Waals surface area contributed by atoms with Crippen LogP contribution in [0.3, 0.4) is 0 Å². The van der Waals surface area contributed by atoms with E-state index >= 15 is 0 Å². The first-order valence-electron chi connectivity index (χ1n) is 6.99. The number of nitrogens with zero attached hydrogens (tertiary/aromatic N) is 2. The minimum atomic E-state index is -0.179. The van der Waals surface area contributed by atoms with Crippen LogP contribution in [0.25, 0.3) is 0 Å². The van der Waals surface area contributed by atoms with E-state index in [4.69, 9.17) is 0 Å². The Balaban J connectivity index is 1.88. The molecular weight excluding hydrogens is 266 g/mol. The van der Waals surface area contributed by atoms with Gasteiger partial charge in [0.05, 0.1) is 11.4 Å². The van der Waals surface area contributed by atoms with Crippen LogP contribution in [0.5, 0.6) is 0 Å². The number of carbonyl (C=O) groups excluding carboxylic acids is 2. The number of hydrogen-bond acceptors (Lipinski definition) is 2. The SMILES string of the molecule is Cn1cccc1C(=O)Nc1ccccc1N1CCCC1=O. The van der Waals surface area contributed by atoms with E-state index in [2.05, 4.69) is 5.32 Å². The molecule has 2 amide bonds. The number of aromatic nitrogens is 1. The molecule has 1 aliphatic rings. The van der Waals surface area contributed by atoms with Crippen LogP contribution in [0.15, 0.2) is 42.6 Å². The summed E-state index contributed by atoms with van der Waals surface area (Å²) >= 11 is 0. The maximum Gasteiger partial charge on any atom is 0.272 e. The zero-order chi connectivity index (χ0) is 14.8. The third-order valence-electron chi connectivity index (χ3n) is 3.69. The fourth-order valence-electron chi connectivity index (χ4n) is 2.60. The summed E-state index contributed by atoms with van der Waals surface area (Å²) in [7, 11) is 1.82. The topological polar surface area (TPSA) is 54.3 Å². The van der Waals surface area contributed by atoms with Crippen molar-refractivity contribution in [2.75, 3.05) is 16.8 Å². The van der Waals surface area contributed by atoms with Gasteiger partial charge in [-0.05, 0) is 30.7 Å². The number of benzene rings is 1. The Bertz CT molecular complexity index is 690. The van der Waals surface area contributed by atoms with Gasteiger partial charge in [-0.3, -0.25) is 9.59 Å². The van der Waals surface area contributed by atoms with Gasteiger partial charge in [-0.15, -0.1) is 0 Å². The summed E-state index contributed by atoms with van der Waals surface area (Å²) in [5.41, 5.74) is 2.01. The monoisotopic (exact) mass is 283 g/mol. The molecule has 0 radical (unpaired) electrons. The standard InChI is InChI=1S/C16H17N3O2/c1-18-10-4-8-14(18)16(21)17-12-6-2-3-7-13(12)19-11-5-9-15(19)20/h2-4,6-8,10H,5,9,11H2,1H3,(H,17,21). The molecule has 0 bridgehead atoms. The average molecular weight is 283 g/mol. The molecule has 0 unspecified atom stereocenters. The van der Waals surface area contributed by atoms with E-state index in [-0.39, 0.29) is 11.8 Å². The molecule has 1 fully saturated rings. The summed E-state index contributed by atoms with van der Waals surface area (Å²) in [6.07, 6.45) is 3.25. The van der Waals surface area contributed by atoms with E-state index in [9.17, 15) is 9.59 Å². The molecule has 108 valence electrons. The minimum Gasteiger partial charge on any atom is -0.347 e. The van der Waals surface area contributed by atoms with Crippen molar-refractivity contribution < 1.29 is 9.59 Å². The molecule has 0 atom stereocenters. The number of para-hydroxylation sites is 2. The first-order chi connectivity index (χ1) is 10.2. The predicted octanol–water partition coefficient (Wildman–Crippen LogP) is 2.40. The van der Waals surface area contributed by atoms with Gasteiger partial charge < -0.3 is 14.8 Å². The van der Waals surface area contributed by atoms with Crippen LogP contribution in [-0.2, 0) is 11.8 Å². The summed E-state index contributed by atoms with van der Waals surface area (Å²) < 4.78 is 1.76. The van der Waals surface area contributed by atoms with Crippen LogP contribution in [0.4, 0.5) is 11.4 Å². The third-order valence-corrected chi connectivity index (χ3v) is 3.69. The van der Waals surface area contributed by atoms with Gasteiger partial charge in [-0.1, -0.05) is 12.1 Å². The fraction of sp³-hybridized carbons (Fsp3) is 0.250. The zero-order valence-corrected chi connectivity index (χ0v) is 11.9. The number of anilines is 2. The summed E-state index contributed by atoms with van der Waals surface area (Å²) in [5.74, 6) is -0.0721. The molecule has 21 heavy (non-hydrogen) atoms. The van der Waals surface area contributed by atoms with Crippen molar-refractivity contribution >= 4 is 23.2 Å². The molecule has 5 heteroatoms. The Hall–Kier alpha value is -2.56. The molecule has 1 aliphatic heterocycles. The van der Waals surface area contributed by atoms with Crippen LogP contribution >= 0.6 is 0 Å². The molecule has 0 saturated carbocycles. The van der Waals surface area contributed by atoms with Crippen molar-refractivity contribution in [1.29, 1.82) is 0 Å². The minimum absolute atomic E-state index is 0.107. The number of nitrogens with one attached hydrogen (secondary N) is 1. The second-order valence-corrected chi connectivity index (χ2v) is 5.12. The molecule has 1 aromatic carbocycles. The molecule has 5 nitrogen and oxygen atoms in total. The summed E-state index contributed by atoms with van der Waals surface area (Å²) in [4.78, 5) is 26.0. The molecule has 2 heterocycles. The van der Waals surface area contributed by atoms with Gasteiger partial charge >= 0.3 is 0 Å². The first-order valence-corrected chi connectivity index (χ1v) is 6.99. The van der Waals surface area contributed by atoms with Crippen molar-refractivity contribution in [2.24, 2.45) is 7.05 Å². The molecule has 1 saturated heterocycles. The fourth-order valence-corrected chi connectivity index (χ4v) is 2.60. The highest BCUT2D eigenvalue weighted by atomic mass is 16.2. The molecular formula is C16H17N3O2. The van der Waals surface area contributed by atoms with Crippen molar-refractivity contribution in [2.45, 2.75) is 12.8 Å². The Labute approximate surface area is 123 Å². The highest BCUT2D eigenvalue weighted by molar-refractivity contribution is 6.07. The zero-order valence-electron chi connectivity index (χ0n) is 11.9. The number of carbonyl (C=O) groups is 2. The van der Waals surface area contributed by atoms with Crippen LogP contribution in [0.2, 0.25) is 0 Å². The van der Waals surface area contributed by atoms with Crippen LogP contribution in [-0.4, -0.2) is 22.9 Å². The van der Waals surface area contributed by atoms with Gasteiger partial charge in [-0.2, -0.15) is 0 Å². The van der Waals surface area contributed by atoms with Gasteiger partial charge in [0.25, 0.3) is 5.91 Å². The van der Waals surface area contributed by atoms with Gasteiger partial charge in [-0.25, -0.2) is 0 Å². The van der Waals surface area contributed by atoms with E-state index in [1.807, 2.05) is 43.6 Å². The van der Waals surface area contributed by atoms with Gasteiger partial charge in [0, 0.05) is 26.2 Å². The van der Waals surface area contributed by atoms with E-state index in [0.29, 0.717) is 24.3 Å². The van der Waals surface area contributed by atoms with E-state index < -0.39 is 0 Å². The lowest BCUT2D eigenvalue weighted by atomic mass is 10.2. The van der Waals surface area contributed by atoms with Crippen LogP contribution in [0, 0.1) is 0 Å². The number of aryl methyl sites for hydroxylation is 1. The molecule has 1 aromatic heterocycles. The highest BCUT2D eigenvalue weighted by Gasteiger charge is 2.24. The smallest absolute Gasteiger partial charge is 0.272 e. The first kappa shape index (κ1) is 13.4. The molecule has 2 aromatic rings. The van der Waals surface area contributed by atoms with Gasteiger partial charge in [0.1, 0.15) is 5.69 Å². The van der Waals surface area contributed by atoms with Gasteiger partial charge in [0.15, 0.2) is 0 Å². The van der Waals surface area contributed by atoms with Crippen molar-refractivity contribution in [1.82, 2.24) is 4.57 Å². The van der Waals surface area contributed by atoms with Crippen LogP contribution in [0.1, 0.15) is 23.3 Å². The summed E-state index contributed by atoms with van der Waals surface area (Å²) in [5, 5.41) is 2.90. The van der Waals surface area contributed by atoms with Crippen molar-refractivity contribution in [3.8, 4) is 0 Å². The molecule has 0 aliphatic carbocycles. The third kappa shape index (κ3) is 2.54. The highest BCUT2D eigenvalue weighted by Crippen LogP contribution is 2.29. The van der Waals surface area contributed by atoms with Gasteiger partial charge in [0.2, 0.25) is 5.91 Å². The lowest BCUT2D eigenvalue weighted by Gasteiger charge is -2.20. The molecule has 0 spiro atoms. The normalized spacial score (nSPS) is 14.5. The van der Waals surface area contributed by atoms with Crippen molar-refractivity contribution in [3.63, 3.8) is 0 Å². The Morgan fingerprint density at radius 1 is 1.19 bits per heavy atom. The maximum absolute atomic E-state index is 12.3. The molecule has 3 rings (SSSR count). The number of rotatable bonds is 3. The van der Waals surface area contributed by atoms with E-state index in [1.54, 1.807) is 15.5 Å². The Kier molecular flexibility index (Phi) is 3.48. The Morgan fingerprint density at radius 3 is 2.67 bits per heavy atom. The quantitative estimate of drug-likeness (QED) is 0.940. The average Bonchev–Trinajstić information content (AvgIpc) is 3.08. The maximum atomic E-state index is 12.3. The molecule has 1 N–H and O–H groups in total. The predicted molar refractivity (Wildman–Crippen MR) is 81.4 cm³/mol. The second kappa shape index (κ2) is 5.44. The van der Waals surface area contributed by atoms with Crippen molar-refractivity contribution in [3.05, 3.63) is 48.3 Å². The summed E-state index contributed by atoms with van der Waals surface area (Å²) in [6.45, 7) is 0.704. The summed E-state index contributed by atoms with van der Waals surface area (Å²) in [6, 6.07) is 11.0. The van der Waals surface area contributed by atoms with E-state index in [1.165, 1.54) is 0 Å². The lowest BCUT2D eigenvalue weighted by Crippen LogP contribution is -2.26. The number of amides is 2. The Morgan fingerprint density at radius 2 is 2.00 bits per heavy atom. The van der Waals surface area contributed by atoms with E-state index in [0.717, 1.165) is 12.1 Å². The number of hydrogen-bond donors (Lipinski definition) is 1. The largest absolute Gasteiger partial charge is 0.347 e. The second-order valence-electron chi connectivity index (χ2n) is 5.12. The van der Waals surface area contributed by atoms with Crippen LogP contribution < -0.4 is 10.2 Å².